The second-order valence-electron chi connectivity index (χ2n) is 1.58. The summed E-state index contributed by atoms with van der Waals surface area (Å²) in [5.41, 5.74) is 0. The molecule has 0 aromatic rings. The van der Waals surface area contributed by atoms with Crippen LogP contribution in [0.25, 0.3) is 0 Å². The number of hydrogen-bond donors (Lipinski definition) is 0. The maximum atomic E-state index is 5.47. The molecule has 66 valence electrons. The van der Waals surface area contributed by atoms with Crippen LogP contribution in [0.5, 0.6) is 0 Å². The first kappa shape index (κ1) is 32.2. The summed E-state index contributed by atoms with van der Waals surface area (Å²) in [7, 11) is 5.47. The van der Waals surface area contributed by atoms with Crippen molar-refractivity contribution in [3.63, 3.8) is 0 Å². The van der Waals surface area contributed by atoms with E-state index in [0.717, 1.165) is 12.8 Å². The lowest BCUT2D eigenvalue weighted by atomic mass is 9.83. The Balaban J connectivity index is -0.0000000208. The van der Waals surface area contributed by atoms with E-state index in [0.29, 0.717) is 5.82 Å². The van der Waals surface area contributed by atoms with Crippen molar-refractivity contribution in [2.45, 2.75) is 62.2 Å². The van der Waals surface area contributed by atoms with Crippen LogP contribution in [0.3, 0.4) is 0 Å². The zero-order valence-corrected chi connectivity index (χ0v) is 4.57. The quantitative estimate of drug-likeness (QED) is 0.509. The highest BCUT2D eigenvalue weighted by atomic mass is 13.9. The molecule has 0 heterocycles. The molecule has 0 aromatic heterocycles. The molecule has 0 spiro atoms. The van der Waals surface area contributed by atoms with Crippen molar-refractivity contribution < 1.29 is 0 Å². The molecular formula is C9H27B. The molecule has 0 aliphatic heterocycles. The molecule has 1 heteroatoms. The van der Waals surface area contributed by atoms with Gasteiger partial charge in [0.05, 0.1) is 7.85 Å². The number of rotatable bonds is 2. The molecule has 2 radical (unpaired) electrons. The van der Waals surface area contributed by atoms with Crippen molar-refractivity contribution in [1.29, 1.82) is 0 Å². The van der Waals surface area contributed by atoms with Crippen LogP contribution in [0.4, 0.5) is 0 Å². The SMILES string of the molecule is C.C.C.C.[B]C(CC)CC. The predicted octanol–water partition coefficient (Wildman–Crippen LogP) is 4.31. The molecule has 0 fully saturated rings. The van der Waals surface area contributed by atoms with E-state index in [1.54, 1.807) is 0 Å². The van der Waals surface area contributed by atoms with Crippen LogP contribution in [0.2, 0.25) is 5.82 Å². The van der Waals surface area contributed by atoms with Crippen LogP contribution in [0.1, 0.15) is 56.4 Å². The second-order valence-corrected chi connectivity index (χ2v) is 1.58. The van der Waals surface area contributed by atoms with Gasteiger partial charge in [-0.1, -0.05) is 62.2 Å². The standard InChI is InChI=1S/C5H11B.4CH4/c1-3-5(6)4-2;;;;/h5H,3-4H2,1-2H3;4*1H4. The van der Waals surface area contributed by atoms with Crippen molar-refractivity contribution in [2.24, 2.45) is 0 Å². The molecule has 0 atom stereocenters. The van der Waals surface area contributed by atoms with Gasteiger partial charge in [0.2, 0.25) is 0 Å². The summed E-state index contributed by atoms with van der Waals surface area (Å²) in [6.07, 6.45) is 2.22. The summed E-state index contributed by atoms with van der Waals surface area (Å²) >= 11 is 0. The molecule has 0 aliphatic carbocycles. The fourth-order valence-electron chi connectivity index (χ4n) is 0.289. The second kappa shape index (κ2) is 23.0. The Morgan fingerprint density at radius 2 is 1.10 bits per heavy atom. The van der Waals surface area contributed by atoms with E-state index >= 15 is 0 Å². The Bertz CT molecular complexity index is 23.9. The van der Waals surface area contributed by atoms with Gasteiger partial charge in [0.1, 0.15) is 0 Å². The van der Waals surface area contributed by atoms with E-state index in [1.807, 2.05) is 0 Å². The van der Waals surface area contributed by atoms with Gasteiger partial charge in [-0.3, -0.25) is 0 Å². The first-order valence-corrected chi connectivity index (χ1v) is 2.56. The van der Waals surface area contributed by atoms with E-state index in [2.05, 4.69) is 13.8 Å². The molecule has 0 rings (SSSR count). The average Bonchev–Trinajstić information content (AvgIpc) is 1.65. The molecule has 0 saturated heterocycles. The van der Waals surface area contributed by atoms with Crippen LogP contribution in [0.15, 0.2) is 0 Å². The molecule has 0 amide bonds. The van der Waals surface area contributed by atoms with Crippen molar-refractivity contribution >= 4 is 7.85 Å². The van der Waals surface area contributed by atoms with Gasteiger partial charge in [-0.15, -0.1) is 0 Å². The summed E-state index contributed by atoms with van der Waals surface area (Å²) in [6.45, 7) is 4.21. The van der Waals surface area contributed by atoms with Crippen molar-refractivity contribution in [3.8, 4) is 0 Å². The van der Waals surface area contributed by atoms with Gasteiger partial charge in [0.25, 0.3) is 0 Å². The Morgan fingerprint density at radius 3 is 1.10 bits per heavy atom. The van der Waals surface area contributed by atoms with Gasteiger partial charge in [0.15, 0.2) is 0 Å². The molecule has 0 saturated carbocycles. The van der Waals surface area contributed by atoms with Crippen LogP contribution in [-0.4, -0.2) is 7.85 Å². The van der Waals surface area contributed by atoms with Crippen molar-refractivity contribution in [1.82, 2.24) is 0 Å². The van der Waals surface area contributed by atoms with E-state index in [4.69, 9.17) is 7.85 Å². The highest BCUT2D eigenvalue weighted by molar-refractivity contribution is 6.11. The number of hydrogen-bond acceptors (Lipinski definition) is 0. The van der Waals surface area contributed by atoms with Gasteiger partial charge in [-0.2, -0.15) is 0 Å². The van der Waals surface area contributed by atoms with Crippen LogP contribution < -0.4 is 0 Å². The van der Waals surface area contributed by atoms with Gasteiger partial charge in [-0.05, 0) is 0 Å². The van der Waals surface area contributed by atoms with Gasteiger partial charge >= 0.3 is 0 Å². The third kappa shape index (κ3) is 24.4. The van der Waals surface area contributed by atoms with Crippen LogP contribution in [0, 0.1) is 0 Å². The molecule has 0 nitrogen and oxygen atoms in total. The van der Waals surface area contributed by atoms with Crippen molar-refractivity contribution in [2.75, 3.05) is 0 Å². The molecule has 0 bridgehead atoms. The van der Waals surface area contributed by atoms with E-state index < -0.39 is 0 Å². The van der Waals surface area contributed by atoms with E-state index in [1.165, 1.54) is 0 Å². The monoisotopic (exact) mass is 146 g/mol. The van der Waals surface area contributed by atoms with Crippen molar-refractivity contribution in [3.05, 3.63) is 0 Å². The van der Waals surface area contributed by atoms with E-state index in [9.17, 15) is 0 Å². The lowest BCUT2D eigenvalue weighted by molar-refractivity contribution is 0.768. The van der Waals surface area contributed by atoms with Gasteiger partial charge < -0.3 is 0 Å². The maximum absolute atomic E-state index is 5.47. The van der Waals surface area contributed by atoms with E-state index in [-0.39, 0.29) is 29.7 Å². The minimum absolute atomic E-state index is 0. The maximum Gasteiger partial charge on any atom is 0.0699 e. The Kier molecular flexibility index (Phi) is 74.1. The topological polar surface area (TPSA) is 0 Å². The van der Waals surface area contributed by atoms with Crippen LogP contribution >= 0.6 is 0 Å². The molecule has 10 heavy (non-hydrogen) atoms. The minimum atomic E-state index is 0. The average molecular weight is 146 g/mol. The fourth-order valence-corrected chi connectivity index (χ4v) is 0.289. The first-order chi connectivity index (χ1) is 2.81. The van der Waals surface area contributed by atoms with Crippen LogP contribution in [-0.2, 0) is 0 Å². The normalized spacial score (nSPS) is 5.90. The third-order valence-electron chi connectivity index (χ3n) is 1.05. The predicted molar refractivity (Wildman–Crippen MR) is 57.0 cm³/mol. The molecule has 0 aliphatic rings. The molecule has 0 N–H and O–H groups in total. The largest absolute Gasteiger partial charge is 0.0779 e. The van der Waals surface area contributed by atoms with Gasteiger partial charge in [0, 0.05) is 0 Å². The minimum Gasteiger partial charge on any atom is -0.0779 e. The Labute approximate surface area is 70.8 Å². The highest BCUT2D eigenvalue weighted by Crippen LogP contribution is 2.06. The molecular weight excluding hydrogens is 119 g/mol. The summed E-state index contributed by atoms with van der Waals surface area (Å²) in [4.78, 5) is 0. The first-order valence-electron chi connectivity index (χ1n) is 2.56. The molecule has 0 aromatic carbocycles. The smallest absolute Gasteiger partial charge is 0.0699 e. The zero-order chi connectivity index (χ0) is 4.99. The lowest BCUT2D eigenvalue weighted by Crippen LogP contribution is -1.83. The highest BCUT2D eigenvalue weighted by Gasteiger charge is 1.88. The zero-order valence-electron chi connectivity index (χ0n) is 4.57. The molecule has 0 unspecified atom stereocenters. The Morgan fingerprint density at radius 1 is 0.900 bits per heavy atom. The fraction of sp³-hybridized carbons (Fsp3) is 1.00. The summed E-state index contributed by atoms with van der Waals surface area (Å²) in [5, 5.41) is 0. The summed E-state index contributed by atoms with van der Waals surface area (Å²) < 4.78 is 0. The summed E-state index contributed by atoms with van der Waals surface area (Å²) in [5.74, 6) is 0.435. The summed E-state index contributed by atoms with van der Waals surface area (Å²) in [6, 6.07) is 0. The lowest BCUT2D eigenvalue weighted by Gasteiger charge is -1.99. The Hall–Kier alpha value is 0.0649. The van der Waals surface area contributed by atoms with Gasteiger partial charge in [-0.25, -0.2) is 0 Å². The third-order valence-corrected chi connectivity index (χ3v) is 1.05.